The lowest BCUT2D eigenvalue weighted by atomic mass is 10.1. The molecule has 27 heavy (non-hydrogen) atoms. The zero-order chi connectivity index (χ0) is 18.2. The van der Waals surface area contributed by atoms with E-state index in [-0.39, 0.29) is 5.82 Å². The van der Waals surface area contributed by atoms with Crippen molar-refractivity contribution >= 4 is 16.3 Å². The molecule has 0 amide bonds. The monoisotopic (exact) mass is 371 g/mol. The number of benzene rings is 2. The van der Waals surface area contributed by atoms with Crippen molar-refractivity contribution in [1.29, 1.82) is 0 Å². The second kappa shape index (κ2) is 6.45. The van der Waals surface area contributed by atoms with Gasteiger partial charge < -0.3 is 0 Å². The van der Waals surface area contributed by atoms with Crippen LogP contribution in [0, 0.1) is 5.82 Å². The highest BCUT2D eigenvalue weighted by molar-refractivity contribution is 7.20. The third kappa shape index (κ3) is 2.82. The summed E-state index contributed by atoms with van der Waals surface area (Å²) >= 11 is 1.62. The summed E-state index contributed by atoms with van der Waals surface area (Å²) in [5, 5.41) is 0. The third-order valence-corrected chi connectivity index (χ3v) is 5.56. The Bertz CT molecular complexity index is 1210. The molecule has 0 saturated carbocycles. The maximum Gasteiger partial charge on any atom is 0.195 e. The van der Waals surface area contributed by atoms with E-state index in [1.165, 1.54) is 12.1 Å². The minimum absolute atomic E-state index is 0.244. The number of fused-ring (bicyclic) bond motifs is 1. The predicted molar refractivity (Wildman–Crippen MR) is 107 cm³/mol. The summed E-state index contributed by atoms with van der Waals surface area (Å²) in [5.41, 5.74) is 5.03. The number of aromatic nitrogens is 3. The van der Waals surface area contributed by atoms with Crippen LogP contribution in [0.1, 0.15) is 0 Å². The molecule has 0 aliphatic rings. The molecule has 0 saturated heterocycles. The van der Waals surface area contributed by atoms with Crippen LogP contribution in [-0.4, -0.2) is 14.4 Å². The van der Waals surface area contributed by atoms with E-state index in [2.05, 4.69) is 9.38 Å². The van der Waals surface area contributed by atoms with E-state index in [0.717, 1.165) is 37.9 Å². The number of nitrogens with zero attached hydrogens (tertiary/aromatic N) is 3. The van der Waals surface area contributed by atoms with Crippen LogP contribution in [0.4, 0.5) is 4.39 Å². The first-order valence-corrected chi connectivity index (χ1v) is 9.35. The molecule has 0 bridgehead atoms. The average molecular weight is 371 g/mol. The summed E-state index contributed by atoms with van der Waals surface area (Å²) in [7, 11) is 0. The lowest BCUT2D eigenvalue weighted by Gasteiger charge is -2.05. The fourth-order valence-electron chi connectivity index (χ4n) is 3.17. The van der Waals surface area contributed by atoms with Crippen LogP contribution in [0.2, 0.25) is 0 Å². The SMILES string of the molecule is Fc1ccc(-c2c(-c3ccncc3)sc3nc(-c4ccccc4)cn23)cc1. The smallest absolute Gasteiger partial charge is 0.195 e. The lowest BCUT2D eigenvalue weighted by molar-refractivity contribution is 0.628. The molecule has 2 aromatic carbocycles. The van der Waals surface area contributed by atoms with E-state index in [4.69, 9.17) is 4.98 Å². The fourth-order valence-corrected chi connectivity index (χ4v) is 4.31. The zero-order valence-corrected chi connectivity index (χ0v) is 15.0. The topological polar surface area (TPSA) is 30.2 Å². The molecule has 0 aliphatic heterocycles. The van der Waals surface area contributed by atoms with Crippen molar-refractivity contribution in [3.63, 3.8) is 0 Å². The van der Waals surface area contributed by atoms with Crippen molar-refractivity contribution < 1.29 is 4.39 Å². The Morgan fingerprint density at radius 2 is 1.52 bits per heavy atom. The Morgan fingerprint density at radius 3 is 2.26 bits per heavy atom. The highest BCUT2D eigenvalue weighted by Gasteiger charge is 2.18. The highest BCUT2D eigenvalue weighted by Crippen LogP contribution is 2.40. The Labute approximate surface area is 159 Å². The molecule has 3 aromatic heterocycles. The van der Waals surface area contributed by atoms with Crippen molar-refractivity contribution in [3.8, 4) is 33.0 Å². The standard InChI is InChI=1S/C22H14FN3S/c23-18-8-6-16(7-9-18)20-21(17-10-12-24-13-11-17)27-22-25-19(14-26(20)22)15-4-2-1-3-5-15/h1-14H. The van der Waals surface area contributed by atoms with Gasteiger partial charge >= 0.3 is 0 Å². The van der Waals surface area contributed by atoms with Crippen molar-refractivity contribution in [2.45, 2.75) is 0 Å². The van der Waals surface area contributed by atoms with E-state index in [0.29, 0.717) is 0 Å². The van der Waals surface area contributed by atoms with Gasteiger partial charge in [-0.15, -0.1) is 0 Å². The summed E-state index contributed by atoms with van der Waals surface area (Å²) in [6.07, 6.45) is 5.61. The van der Waals surface area contributed by atoms with Crippen LogP contribution >= 0.6 is 11.3 Å². The van der Waals surface area contributed by atoms with Gasteiger partial charge in [0, 0.05) is 29.7 Å². The molecule has 5 heteroatoms. The average Bonchev–Trinajstić information content (AvgIpc) is 3.28. The molecule has 0 N–H and O–H groups in total. The first kappa shape index (κ1) is 15.9. The van der Waals surface area contributed by atoms with E-state index < -0.39 is 0 Å². The quantitative estimate of drug-likeness (QED) is 0.393. The minimum atomic E-state index is -0.244. The van der Waals surface area contributed by atoms with Gasteiger partial charge in [0.25, 0.3) is 0 Å². The largest absolute Gasteiger partial charge is 0.289 e. The van der Waals surface area contributed by atoms with Gasteiger partial charge in [0.05, 0.1) is 16.3 Å². The van der Waals surface area contributed by atoms with Gasteiger partial charge in [-0.25, -0.2) is 9.37 Å². The summed E-state index contributed by atoms with van der Waals surface area (Å²) in [5.74, 6) is -0.244. The van der Waals surface area contributed by atoms with E-state index >= 15 is 0 Å². The van der Waals surface area contributed by atoms with Crippen molar-refractivity contribution in [2.75, 3.05) is 0 Å². The van der Waals surface area contributed by atoms with Crippen LogP contribution in [0.3, 0.4) is 0 Å². The van der Waals surface area contributed by atoms with Crippen LogP contribution < -0.4 is 0 Å². The maximum absolute atomic E-state index is 13.5. The van der Waals surface area contributed by atoms with Crippen LogP contribution in [-0.2, 0) is 0 Å². The van der Waals surface area contributed by atoms with Gasteiger partial charge in [0.2, 0.25) is 0 Å². The number of hydrogen-bond donors (Lipinski definition) is 0. The molecule has 5 aromatic rings. The van der Waals surface area contributed by atoms with Crippen LogP contribution in [0.25, 0.3) is 37.9 Å². The summed E-state index contributed by atoms with van der Waals surface area (Å²) in [4.78, 5) is 10.9. The summed E-state index contributed by atoms with van der Waals surface area (Å²) in [6, 6.07) is 20.7. The Hall–Kier alpha value is -3.31. The molecule has 0 atom stereocenters. The first-order chi connectivity index (χ1) is 13.3. The van der Waals surface area contributed by atoms with Gasteiger partial charge in [-0.2, -0.15) is 0 Å². The van der Waals surface area contributed by atoms with Crippen LogP contribution in [0.5, 0.6) is 0 Å². The molecule has 3 heterocycles. The minimum Gasteiger partial charge on any atom is -0.289 e. The molecule has 130 valence electrons. The number of rotatable bonds is 3. The number of thiazole rings is 1. The molecule has 0 aliphatic carbocycles. The first-order valence-electron chi connectivity index (χ1n) is 8.53. The summed E-state index contributed by atoms with van der Waals surface area (Å²) < 4.78 is 15.6. The number of pyridine rings is 1. The van der Waals surface area contributed by atoms with Gasteiger partial charge in [-0.1, -0.05) is 41.7 Å². The maximum atomic E-state index is 13.5. The molecule has 0 unspecified atom stereocenters. The zero-order valence-electron chi connectivity index (χ0n) is 14.2. The molecule has 0 fully saturated rings. The number of hydrogen-bond acceptors (Lipinski definition) is 3. The Kier molecular flexibility index (Phi) is 3.80. The normalized spacial score (nSPS) is 11.1. The molecule has 5 rings (SSSR count). The van der Waals surface area contributed by atoms with Crippen molar-refractivity contribution in [2.24, 2.45) is 0 Å². The Balaban J connectivity index is 1.76. The van der Waals surface area contributed by atoms with E-state index in [9.17, 15) is 4.39 Å². The molecule has 0 radical (unpaired) electrons. The molecular formula is C22H14FN3S. The fraction of sp³-hybridized carbons (Fsp3) is 0. The summed E-state index contributed by atoms with van der Waals surface area (Å²) in [6.45, 7) is 0. The second-order valence-corrected chi connectivity index (χ2v) is 7.14. The highest BCUT2D eigenvalue weighted by atomic mass is 32.1. The van der Waals surface area contributed by atoms with Gasteiger partial charge in [-0.05, 0) is 42.0 Å². The predicted octanol–water partition coefficient (Wildman–Crippen LogP) is 5.93. The lowest BCUT2D eigenvalue weighted by Crippen LogP contribution is -1.88. The third-order valence-electron chi connectivity index (χ3n) is 4.45. The van der Waals surface area contributed by atoms with Gasteiger partial charge in [-0.3, -0.25) is 9.38 Å². The van der Waals surface area contributed by atoms with Crippen molar-refractivity contribution in [3.05, 3.63) is 91.1 Å². The number of halogens is 1. The molecule has 0 spiro atoms. The number of imidazole rings is 1. The van der Waals surface area contributed by atoms with Gasteiger partial charge in [0.15, 0.2) is 4.96 Å². The van der Waals surface area contributed by atoms with Crippen molar-refractivity contribution in [1.82, 2.24) is 14.4 Å². The van der Waals surface area contributed by atoms with Crippen LogP contribution in [0.15, 0.2) is 85.3 Å². The van der Waals surface area contributed by atoms with Gasteiger partial charge in [0.1, 0.15) is 5.82 Å². The molecule has 3 nitrogen and oxygen atoms in total. The van der Waals surface area contributed by atoms with E-state index in [1.807, 2.05) is 60.8 Å². The van der Waals surface area contributed by atoms with E-state index in [1.54, 1.807) is 23.7 Å². The molecular weight excluding hydrogens is 357 g/mol. The second-order valence-electron chi connectivity index (χ2n) is 6.17. The Morgan fingerprint density at radius 1 is 0.778 bits per heavy atom.